The van der Waals surface area contributed by atoms with E-state index in [4.69, 9.17) is 29.2 Å². The van der Waals surface area contributed by atoms with Crippen molar-refractivity contribution in [2.24, 2.45) is 0 Å². The van der Waals surface area contributed by atoms with Gasteiger partial charge in [-0.25, -0.2) is 0 Å². The van der Waals surface area contributed by atoms with Gasteiger partial charge in [-0.2, -0.15) is 0 Å². The van der Waals surface area contributed by atoms with Crippen molar-refractivity contribution in [3.05, 3.63) is 0 Å². The molecule has 2 aliphatic heterocycles. The minimum atomic E-state index is -5.93. The van der Waals surface area contributed by atoms with Gasteiger partial charge in [0.05, 0.1) is 78.0 Å². The highest BCUT2D eigenvalue weighted by molar-refractivity contribution is 7.71. The Balaban J connectivity index is 2.63. The van der Waals surface area contributed by atoms with Crippen LogP contribution in [0.4, 0.5) is 0 Å². The van der Waals surface area contributed by atoms with E-state index < -0.39 is 247 Å². The second kappa shape index (κ2) is 33.6. The van der Waals surface area contributed by atoms with Gasteiger partial charge in [0.15, 0.2) is 23.4 Å². The molecule has 42 nitrogen and oxygen atoms in total. The number of carboxylic acids is 4. The summed E-state index contributed by atoms with van der Waals surface area (Å²) in [7, 11) is -23.5. The number of aliphatic hydroxyl groups is 9. The fourth-order valence-corrected chi connectivity index (χ4v) is 13.1. The van der Waals surface area contributed by atoms with E-state index in [9.17, 15) is 147 Å². The van der Waals surface area contributed by atoms with Gasteiger partial charge >= 0.3 is 54.3 Å². The molecule has 2 rings (SSSR count). The second-order valence-corrected chi connectivity index (χ2v) is 26.9. The third-order valence-corrected chi connectivity index (χ3v) is 19.8. The van der Waals surface area contributed by atoms with Crippen LogP contribution in [0.15, 0.2) is 0 Å². The minimum absolute atomic E-state index is 0.305. The molecule has 2 fully saturated rings. The predicted molar refractivity (Wildman–Crippen MR) is 266 cm³/mol. The van der Waals surface area contributed by atoms with Crippen LogP contribution in [-0.2, 0) is 70.8 Å². The number of aliphatic hydroxyl groups excluding tert-OH is 9. The fraction of sp³-hybridized carbons (Fsp3) is 0.816. The Labute approximate surface area is 472 Å². The first-order chi connectivity index (χ1) is 38.6. The van der Waals surface area contributed by atoms with E-state index in [0.717, 1.165) is 14.7 Å². The maximum Gasteiger partial charge on any atom is 0.341 e. The smallest absolute Gasteiger partial charge is 0.341 e. The third kappa shape index (κ3) is 24.4. The van der Waals surface area contributed by atoms with Crippen molar-refractivity contribution >= 4 is 72.0 Å². The molecule has 0 saturated carbocycles. The quantitative estimate of drug-likeness (QED) is 0.0255. The van der Waals surface area contributed by atoms with Crippen molar-refractivity contribution in [1.82, 2.24) is 30.7 Å². The van der Waals surface area contributed by atoms with Gasteiger partial charge in [-0.1, -0.05) is 0 Å². The average Bonchev–Trinajstić information content (AvgIpc) is 2.58. The van der Waals surface area contributed by atoms with Crippen molar-refractivity contribution in [2.45, 2.75) is 109 Å². The Bertz CT molecular complexity index is 2350. The zero-order valence-corrected chi connectivity index (χ0v) is 47.1. The molecule has 3 amide bonds. The first kappa shape index (κ1) is 76.3. The highest BCUT2D eigenvalue weighted by atomic mass is 31.2. The predicted octanol–water partition coefficient (Wildman–Crippen LogP) is -12.2. The lowest BCUT2D eigenvalue weighted by Crippen LogP contribution is -2.70. The number of nitrogens with zero attached hydrogens (tertiary/aromatic N) is 3. The van der Waals surface area contributed by atoms with E-state index in [0.29, 0.717) is 0 Å². The van der Waals surface area contributed by atoms with Gasteiger partial charge in [0, 0.05) is 26.2 Å². The zero-order valence-electron chi connectivity index (χ0n) is 43.5. The molecule has 24 N–H and O–H groups in total. The number of nitrogens with one attached hydrogen (secondary N) is 3. The van der Waals surface area contributed by atoms with Gasteiger partial charge in [0.1, 0.15) is 67.0 Å². The van der Waals surface area contributed by atoms with Gasteiger partial charge < -0.3 is 140 Å². The molecule has 0 aliphatic carbocycles. The van der Waals surface area contributed by atoms with E-state index in [-0.39, 0.29) is 19.6 Å². The molecule has 0 aromatic heterocycles. The van der Waals surface area contributed by atoms with Crippen LogP contribution in [0.3, 0.4) is 0 Å². The second-order valence-electron chi connectivity index (χ2n) is 18.9. The molecule has 46 heteroatoms. The Hall–Kier alpha value is -3.75. The normalized spacial score (nSPS) is 25.1. The van der Waals surface area contributed by atoms with Gasteiger partial charge in [-0.3, -0.25) is 66.5 Å². The van der Waals surface area contributed by atoms with Gasteiger partial charge in [0.2, 0.25) is 17.7 Å². The van der Waals surface area contributed by atoms with E-state index in [1.165, 1.54) is 0 Å². The standard InChI is InChI=1S/C38H70N6O36P4/c45-12-16(39-22(52)7-43(9-24(55)56)3-1-42(8-23(53)54)2-4-44(10-25(57)58)11-26(59)60)31(61)35(17(49)13-46)79-38-30(41-21(51)6-28(83(71,72)73)84(74,75)76)34(64)36(19(15-48)78-38)80-37-29(33(63)32(62)18(14-47)77-37)40-20(50)5-27(81(65,66)67)82(68,69)70/h16-19,27-38,45-49,61-64H,1-15H2,(H,39,52)(H,40,50)(H,41,51)(H,53,54)(H,55,56)(H,57,58)(H,59,60)(H2,65,66,67)(H2,68,69,70)(H2,71,72,73)(H2,74,75,76)/t16-,17+,18+,19+,29+,30+,31+,32+,33+,34+,35+,36+,37+,38+/m0/s1. The Kier molecular flexibility index (Phi) is 30.5. The molecule has 0 aromatic rings. The summed E-state index contributed by atoms with van der Waals surface area (Å²) >= 11 is 0. The fourth-order valence-electron chi connectivity index (χ4n) is 8.31. The minimum Gasteiger partial charge on any atom is -0.480 e. The number of carbonyl (C=O) groups excluding carboxylic acids is 3. The summed E-state index contributed by atoms with van der Waals surface area (Å²) in [5, 5.41) is 134. The Morgan fingerprint density at radius 1 is 0.500 bits per heavy atom. The van der Waals surface area contributed by atoms with Gasteiger partial charge in [-0.05, 0) is 0 Å². The molecule has 0 spiro atoms. The highest BCUT2D eigenvalue weighted by Crippen LogP contribution is 2.62. The van der Waals surface area contributed by atoms with Crippen LogP contribution >= 0.6 is 30.4 Å². The largest absolute Gasteiger partial charge is 0.480 e. The highest BCUT2D eigenvalue weighted by Gasteiger charge is 2.55. The lowest BCUT2D eigenvalue weighted by atomic mass is 9.94. The number of hydrogen-bond acceptors (Lipinski definition) is 27. The number of carbonyl (C=O) groups is 7. The molecule has 0 bridgehead atoms. The number of aliphatic carboxylic acids is 4. The lowest BCUT2D eigenvalue weighted by Gasteiger charge is -2.49. The summed E-state index contributed by atoms with van der Waals surface area (Å²) in [6.07, 6.45) is -29.6. The molecular weight excluding hydrogens is 1240 g/mol. The summed E-state index contributed by atoms with van der Waals surface area (Å²) in [6, 6.07) is -6.85. The SMILES string of the molecule is O=C(O)CN(CCN(CC(=O)O)CC(=O)O)CCN(CC(=O)O)CC(=O)N[C@@H](CO)[C@@H](O)[C@H](O[C@H]1O[C@H](CO)[C@@H](O[C@H]2O[C@H](CO)[C@@H](O)[C@H](O)[C@H]2NC(=O)CC(P(=O)(O)O)P(=O)(O)O)[C@H](O)[C@H]1NC(=O)CC(P(=O)(O)O)P(=O)(O)O)[C@H](O)CO. The number of ether oxygens (including phenoxy) is 4. The Morgan fingerprint density at radius 2 is 0.881 bits per heavy atom. The number of amides is 3. The molecule has 0 aromatic carbocycles. The molecule has 2 saturated heterocycles. The van der Waals surface area contributed by atoms with Crippen LogP contribution in [-0.4, -0.2) is 344 Å². The topological polar surface area (TPSA) is 695 Å². The maximum absolute atomic E-state index is 13.5. The van der Waals surface area contributed by atoms with Crippen LogP contribution in [0.25, 0.3) is 0 Å². The monoisotopic (exact) mass is 1310 g/mol. The van der Waals surface area contributed by atoms with E-state index >= 15 is 0 Å². The first-order valence-corrected chi connectivity index (χ1v) is 30.9. The number of rotatable bonds is 38. The molecule has 488 valence electrons. The number of carboxylic acid groups (broad SMARTS) is 4. The van der Waals surface area contributed by atoms with Gasteiger partial charge in [0.25, 0.3) is 0 Å². The average molecular weight is 1310 g/mol. The molecule has 14 atom stereocenters. The molecule has 2 heterocycles. The van der Waals surface area contributed by atoms with Crippen molar-refractivity contribution in [2.75, 3.05) is 85.3 Å². The van der Waals surface area contributed by atoms with E-state index in [2.05, 4.69) is 5.32 Å². The van der Waals surface area contributed by atoms with Crippen molar-refractivity contribution in [1.29, 1.82) is 0 Å². The third-order valence-electron chi connectivity index (χ3n) is 12.4. The summed E-state index contributed by atoms with van der Waals surface area (Å²) in [4.78, 5) is 166. The van der Waals surface area contributed by atoms with Gasteiger partial charge in [-0.15, -0.1) is 0 Å². The maximum atomic E-state index is 13.5. The van der Waals surface area contributed by atoms with Crippen LogP contribution in [0, 0.1) is 0 Å². The van der Waals surface area contributed by atoms with Crippen molar-refractivity contribution in [3.8, 4) is 0 Å². The van der Waals surface area contributed by atoms with Crippen molar-refractivity contribution < 1.29 is 176 Å². The van der Waals surface area contributed by atoms with E-state index in [1.54, 1.807) is 0 Å². The van der Waals surface area contributed by atoms with E-state index in [1.807, 2.05) is 10.6 Å². The molecule has 0 unspecified atom stereocenters. The molecular formula is C38H70N6O36P4. The molecule has 0 radical (unpaired) electrons. The van der Waals surface area contributed by atoms with Crippen LogP contribution in [0.5, 0.6) is 0 Å². The Morgan fingerprint density at radius 3 is 1.26 bits per heavy atom. The molecule has 84 heavy (non-hydrogen) atoms. The van der Waals surface area contributed by atoms with Crippen LogP contribution in [0.1, 0.15) is 12.8 Å². The molecule has 2 aliphatic rings. The first-order valence-electron chi connectivity index (χ1n) is 24.2. The van der Waals surface area contributed by atoms with Crippen LogP contribution < -0.4 is 16.0 Å². The zero-order chi connectivity index (χ0) is 64.6. The summed E-state index contributed by atoms with van der Waals surface area (Å²) in [6.45, 7) is -11.1. The summed E-state index contributed by atoms with van der Waals surface area (Å²) in [5.41, 5.74) is 0. The summed E-state index contributed by atoms with van der Waals surface area (Å²) < 4.78 is 70.6. The number of hydrogen-bond donors (Lipinski definition) is 24. The lowest BCUT2D eigenvalue weighted by molar-refractivity contribution is -0.341. The van der Waals surface area contributed by atoms with Crippen LogP contribution in [0.2, 0.25) is 0 Å². The van der Waals surface area contributed by atoms with Crippen molar-refractivity contribution in [3.63, 3.8) is 0 Å². The summed E-state index contributed by atoms with van der Waals surface area (Å²) in [5.74, 6) is -10.6.